The molecule has 0 aromatic heterocycles. The van der Waals surface area contributed by atoms with Crippen molar-refractivity contribution < 1.29 is 19.1 Å². The van der Waals surface area contributed by atoms with Crippen molar-refractivity contribution in [3.8, 4) is 0 Å². The molecule has 1 aliphatic rings. The second-order valence-electron chi connectivity index (χ2n) is 5.55. The van der Waals surface area contributed by atoms with Gasteiger partial charge >= 0.3 is 0 Å². The molecule has 2 aromatic carbocycles. The third kappa shape index (κ3) is 3.14. The van der Waals surface area contributed by atoms with Gasteiger partial charge in [-0.3, -0.25) is 14.5 Å². The molecular formula is C18H12Br2FNO3. The molecule has 0 saturated carbocycles. The maximum atomic E-state index is 14.5. The summed E-state index contributed by atoms with van der Waals surface area (Å²) in [5, 5.41) is 10.2. The van der Waals surface area contributed by atoms with Crippen LogP contribution in [0.15, 0.2) is 62.7 Å². The lowest BCUT2D eigenvalue weighted by molar-refractivity contribution is -0.117. The fourth-order valence-corrected chi connectivity index (χ4v) is 3.63. The highest BCUT2D eigenvalue weighted by atomic mass is 79.9. The van der Waals surface area contributed by atoms with Gasteiger partial charge in [-0.25, -0.2) is 4.39 Å². The summed E-state index contributed by atoms with van der Waals surface area (Å²) in [6.07, 6.45) is 0. The van der Waals surface area contributed by atoms with Gasteiger partial charge in [0.05, 0.1) is 17.3 Å². The Morgan fingerprint density at radius 3 is 2.44 bits per heavy atom. The molecule has 3 rings (SSSR count). The molecule has 4 nitrogen and oxygen atoms in total. The first-order chi connectivity index (χ1) is 11.8. The molecule has 0 spiro atoms. The van der Waals surface area contributed by atoms with Gasteiger partial charge in [-0.2, -0.15) is 0 Å². The van der Waals surface area contributed by atoms with Crippen LogP contribution in [0.5, 0.6) is 0 Å². The maximum Gasteiger partial charge on any atom is 0.294 e. The molecule has 0 bridgehead atoms. The summed E-state index contributed by atoms with van der Waals surface area (Å²) in [4.78, 5) is 25.8. The average molecular weight is 469 g/mol. The van der Waals surface area contributed by atoms with Crippen molar-refractivity contribution >= 4 is 49.2 Å². The molecule has 1 unspecified atom stereocenters. The Bertz CT molecular complexity index is 926. The van der Waals surface area contributed by atoms with E-state index in [-0.39, 0.29) is 11.3 Å². The number of halogens is 3. The smallest absolute Gasteiger partial charge is 0.294 e. The minimum Gasteiger partial charge on any atom is -0.503 e. The number of aliphatic hydroxyl groups excluding tert-OH is 1. The van der Waals surface area contributed by atoms with Crippen molar-refractivity contribution in [2.45, 2.75) is 13.0 Å². The summed E-state index contributed by atoms with van der Waals surface area (Å²) in [6, 6.07) is 10.3. The van der Waals surface area contributed by atoms with E-state index < -0.39 is 29.3 Å². The molecule has 0 radical (unpaired) electrons. The number of Topliss-reactive ketones (excluding diaryl/α,β-unsaturated/α-hetero) is 1. The van der Waals surface area contributed by atoms with E-state index in [0.29, 0.717) is 10.0 Å². The molecule has 1 aliphatic heterocycles. The van der Waals surface area contributed by atoms with E-state index in [9.17, 15) is 19.1 Å². The van der Waals surface area contributed by atoms with E-state index in [1.54, 1.807) is 30.3 Å². The fraction of sp³-hybridized carbons (Fsp3) is 0.111. The minimum absolute atomic E-state index is 0.0130. The van der Waals surface area contributed by atoms with Crippen molar-refractivity contribution in [1.29, 1.82) is 0 Å². The first kappa shape index (κ1) is 17.8. The number of nitrogens with zero attached hydrogens (tertiary/aromatic N) is 1. The van der Waals surface area contributed by atoms with Crippen LogP contribution in [-0.2, 0) is 9.59 Å². The summed E-state index contributed by atoms with van der Waals surface area (Å²) in [5.74, 6) is -2.55. The van der Waals surface area contributed by atoms with Crippen molar-refractivity contribution in [1.82, 2.24) is 0 Å². The Morgan fingerprint density at radius 2 is 1.84 bits per heavy atom. The number of ketones is 1. The van der Waals surface area contributed by atoms with E-state index >= 15 is 0 Å². The summed E-state index contributed by atoms with van der Waals surface area (Å²) in [6.45, 7) is 1.27. The second kappa shape index (κ2) is 6.72. The predicted octanol–water partition coefficient (Wildman–Crippen LogP) is 4.84. The molecule has 1 atom stereocenters. The van der Waals surface area contributed by atoms with E-state index in [4.69, 9.17) is 0 Å². The molecule has 0 aliphatic carbocycles. The number of aliphatic hydroxyl groups is 1. The third-order valence-electron chi connectivity index (χ3n) is 3.92. The molecule has 128 valence electrons. The van der Waals surface area contributed by atoms with Crippen molar-refractivity contribution in [3.63, 3.8) is 0 Å². The molecule has 0 saturated heterocycles. The van der Waals surface area contributed by atoms with E-state index in [1.807, 2.05) is 0 Å². The second-order valence-corrected chi connectivity index (χ2v) is 7.38. The quantitative estimate of drug-likeness (QED) is 0.701. The molecule has 1 N–H and O–H groups in total. The van der Waals surface area contributed by atoms with Gasteiger partial charge in [0.1, 0.15) is 5.82 Å². The van der Waals surface area contributed by atoms with Gasteiger partial charge in [0.2, 0.25) is 0 Å². The number of rotatable bonds is 3. The van der Waals surface area contributed by atoms with Gasteiger partial charge in [-0.1, -0.05) is 44.0 Å². The molecule has 25 heavy (non-hydrogen) atoms. The number of carbonyl (C=O) groups is 2. The Kier molecular flexibility index (Phi) is 4.79. The van der Waals surface area contributed by atoms with Crippen LogP contribution in [0, 0.1) is 5.82 Å². The largest absolute Gasteiger partial charge is 0.503 e. The maximum absolute atomic E-state index is 14.5. The number of hydrogen-bond donors (Lipinski definition) is 1. The summed E-state index contributed by atoms with van der Waals surface area (Å²) >= 11 is 6.52. The number of hydrogen-bond acceptors (Lipinski definition) is 3. The highest BCUT2D eigenvalue weighted by Crippen LogP contribution is 2.42. The molecule has 7 heteroatoms. The van der Waals surface area contributed by atoms with E-state index in [0.717, 1.165) is 9.37 Å². The lowest BCUT2D eigenvalue weighted by atomic mass is 9.96. The molecule has 2 aromatic rings. The zero-order chi connectivity index (χ0) is 18.3. The van der Waals surface area contributed by atoms with Crippen LogP contribution in [0.25, 0.3) is 0 Å². The topological polar surface area (TPSA) is 57.6 Å². The molecule has 0 fully saturated rings. The van der Waals surface area contributed by atoms with Gasteiger partial charge in [0, 0.05) is 8.95 Å². The van der Waals surface area contributed by atoms with Crippen LogP contribution < -0.4 is 4.90 Å². The number of carbonyl (C=O) groups excluding carboxylic acids is 2. The van der Waals surface area contributed by atoms with Gasteiger partial charge in [0.25, 0.3) is 5.91 Å². The van der Waals surface area contributed by atoms with Crippen LogP contribution in [0.2, 0.25) is 0 Å². The monoisotopic (exact) mass is 467 g/mol. The standard InChI is InChI=1S/C18H12Br2FNO3/c1-9(23)15-16(10-3-2-4-11(19)7-10)22(18(25)17(15)24)14-6-5-12(20)8-13(14)21/h2-8,16,24H,1H3. The van der Waals surface area contributed by atoms with Crippen LogP contribution in [0.3, 0.4) is 0 Å². The Labute approximate surface area is 160 Å². The molecule has 1 heterocycles. The van der Waals surface area contributed by atoms with Gasteiger partial charge in [0.15, 0.2) is 11.5 Å². The van der Waals surface area contributed by atoms with Crippen LogP contribution in [0.4, 0.5) is 10.1 Å². The highest BCUT2D eigenvalue weighted by Gasteiger charge is 2.44. The lowest BCUT2D eigenvalue weighted by Gasteiger charge is -2.27. The van der Waals surface area contributed by atoms with Crippen molar-refractivity contribution in [3.05, 3.63) is 74.1 Å². The van der Waals surface area contributed by atoms with Gasteiger partial charge in [-0.15, -0.1) is 0 Å². The highest BCUT2D eigenvalue weighted by molar-refractivity contribution is 9.10. The Hall–Kier alpha value is -1.99. The lowest BCUT2D eigenvalue weighted by Crippen LogP contribution is -2.31. The first-order valence-corrected chi connectivity index (χ1v) is 8.88. The Balaban J connectivity index is 2.23. The fourth-order valence-electron chi connectivity index (χ4n) is 2.88. The number of benzene rings is 2. The van der Waals surface area contributed by atoms with Gasteiger partial charge < -0.3 is 5.11 Å². The van der Waals surface area contributed by atoms with Gasteiger partial charge in [-0.05, 0) is 42.8 Å². The number of anilines is 1. The summed E-state index contributed by atoms with van der Waals surface area (Å²) < 4.78 is 15.7. The summed E-state index contributed by atoms with van der Waals surface area (Å²) in [7, 11) is 0. The first-order valence-electron chi connectivity index (χ1n) is 7.29. The zero-order valence-corrected chi connectivity index (χ0v) is 16.1. The minimum atomic E-state index is -0.904. The normalized spacial score (nSPS) is 17.4. The SMILES string of the molecule is CC(=O)C1=C(O)C(=O)N(c2ccc(Br)cc2F)C1c1cccc(Br)c1. The number of amides is 1. The van der Waals surface area contributed by atoms with Crippen LogP contribution in [0.1, 0.15) is 18.5 Å². The predicted molar refractivity (Wildman–Crippen MR) is 98.8 cm³/mol. The average Bonchev–Trinajstić information content (AvgIpc) is 2.80. The van der Waals surface area contributed by atoms with Crippen LogP contribution in [-0.4, -0.2) is 16.8 Å². The molecule has 1 amide bonds. The van der Waals surface area contributed by atoms with Crippen molar-refractivity contribution in [2.24, 2.45) is 0 Å². The Morgan fingerprint density at radius 1 is 1.16 bits per heavy atom. The van der Waals surface area contributed by atoms with E-state index in [1.165, 1.54) is 19.1 Å². The zero-order valence-electron chi connectivity index (χ0n) is 13.0. The van der Waals surface area contributed by atoms with Crippen molar-refractivity contribution in [2.75, 3.05) is 4.90 Å². The summed E-state index contributed by atoms with van der Waals surface area (Å²) in [5.41, 5.74) is 0.519. The third-order valence-corrected chi connectivity index (χ3v) is 4.91. The molecular weight excluding hydrogens is 457 g/mol. The van der Waals surface area contributed by atoms with E-state index in [2.05, 4.69) is 31.9 Å². The van der Waals surface area contributed by atoms with Crippen LogP contribution >= 0.6 is 31.9 Å².